The minimum absolute atomic E-state index is 0.0398. The van der Waals surface area contributed by atoms with Crippen molar-refractivity contribution in [2.24, 2.45) is 0 Å². The molecule has 5 nitrogen and oxygen atoms in total. The molecule has 19 heavy (non-hydrogen) atoms. The fourth-order valence-corrected chi connectivity index (χ4v) is 3.22. The van der Waals surface area contributed by atoms with Gasteiger partial charge < -0.3 is 10.2 Å². The van der Waals surface area contributed by atoms with Crippen molar-refractivity contribution in [2.45, 2.75) is 25.8 Å². The molecule has 0 aromatic carbocycles. The molecule has 1 fully saturated rings. The molecule has 1 aromatic heterocycles. The Hall–Kier alpha value is -1.30. The summed E-state index contributed by atoms with van der Waals surface area (Å²) in [4.78, 5) is 22.5. The topological polar surface area (TPSA) is 58.1 Å². The molecule has 1 aliphatic heterocycles. The molecule has 1 saturated heterocycles. The molecule has 1 aliphatic rings. The molecule has 0 spiro atoms. The van der Waals surface area contributed by atoms with E-state index in [-0.39, 0.29) is 5.91 Å². The van der Waals surface area contributed by atoms with Crippen molar-refractivity contribution >= 4 is 23.5 Å². The van der Waals surface area contributed by atoms with Crippen molar-refractivity contribution in [3.8, 4) is 0 Å². The number of anilines is 1. The molecule has 2 heterocycles. The van der Waals surface area contributed by atoms with Crippen molar-refractivity contribution in [3.63, 3.8) is 0 Å². The van der Waals surface area contributed by atoms with Crippen LogP contribution < -0.4 is 5.32 Å². The number of amides is 1. The maximum absolute atomic E-state index is 12.3. The van der Waals surface area contributed by atoms with Gasteiger partial charge in [-0.15, -0.1) is 0 Å². The number of nitrogens with zero attached hydrogens (tertiary/aromatic N) is 3. The lowest BCUT2D eigenvalue weighted by Gasteiger charge is -2.23. The third kappa shape index (κ3) is 3.59. The predicted octanol–water partition coefficient (Wildman–Crippen LogP) is 1.88. The number of hydrogen-bond donors (Lipinski definition) is 1. The van der Waals surface area contributed by atoms with E-state index in [4.69, 9.17) is 0 Å². The van der Waals surface area contributed by atoms with Crippen LogP contribution in [0.1, 0.15) is 30.3 Å². The molecule has 1 amide bonds. The van der Waals surface area contributed by atoms with Gasteiger partial charge in [0.1, 0.15) is 11.5 Å². The van der Waals surface area contributed by atoms with Crippen molar-refractivity contribution in [1.29, 1.82) is 0 Å². The Labute approximate surface area is 118 Å². The first-order valence-corrected chi connectivity index (χ1v) is 7.78. The molecule has 0 saturated carbocycles. The van der Waals surface area contributed by atoms with Gasteiger partial charge in [0, 0.05) is 25.4 Å². The SMILES string of the molecule is CCCNc1cnc(C(=O)N(C)C2CCSC2)cn1. The second-order valence-electron chi connectivity index (χ2n) is 4.65. The molecule has 0 radical (unpaired) electrons. The molecular weight excluding hydrogens is 260 g/mol. The van der Waals surface area contributed by atoms with Crippen LogP contribution in [0.5, 0.6) is 0 Å². The third-order valence-corrected chi connectivity index (χ3v) is 4.35. The lowest BCUT2D eigenvalue weighted by Crippen LogP contribution is -2.37. The highest BCUT2D eigenvalue weighted by molar-refractivity contribution is 7.99. The summed E-state index contributed by atoms with van der Waals surface area (Å²) in [6.07, 6.45) is 5.28. The zero-order valence-corrected chi connectivity index (χ0v) is 12.2. The summed E-state index contributed by atoms with van der Waals surface area (Å²) in [5.41, 5.74) is 0.418. The van der Waals surface area contributed by atoms with E-state index >= 15 is 0 Å². The highest BCUT2D eigenvalue weighted by Gasteiger charge is 2.25. The van der Waals surface area contributed by atoms with Gasteiger partial charge in [-0.2, -0.15) is 11.8 Å². The third-order valence-electron chi connectivity index (χ3n) is 3.20. The number of carbonyl (C=O) groups is 1. The number of aromatic nitrogens is 2. The molecule has 6 heteroatoms. The van der Waals surface area contributed by atoms with Gasteiger partial charge in [0.15, 0.2) is 0 Å². The van der Waals surface area contributed by atoms with Gasteiger partial charge in [0.05, 0.1) is 12.4 Å². The van der Waals surface area contributed by atoms with Crippen LogP contribution in [0.4, 0.5) is 5.82 Å². The van der Waals surface area contributed by atoms with Gasteiger partial charge in [-0.05, 0) is 18.6 Å². The molecule has 104 valence electrons. The van der Waals surface area contributed by atoms with E-state index in [0.717, 1.165) is 36.7 Å². The van der Waals surface area contributed by atoms with Gasteiger partial charge in [-0.3, -0.25) is 4.79 Å². The van der Waals surface area contributed by atoms with E-state index in [1.165, 1.54) is 0 Å². The highest BCUT2D eigenvalue weighted by atomic mass is 32.2. The fraction of sp³-hybridized carbons (Fsp3) is 0.615. The first kappa shape index (κ1) is 14.1. The number of thioether (sulfide) groups is 1. The second-order valence-corrected chi connectivity index (χ2v) is 5.80. The van der Waals surface area contributed by atoms with Crippen molar-refractivity contribution in [1.82, 2.24) is 14.9 Å². The molecule has 1 aromatic rings. The Kier molecular flexibility index (Phi) is 5.01. The normalized spacial score (nSPS) is 18.3. The molecule has 1 N–H and O–H groups in total. The van der Waals surface area contributed by atoms with Crippen LogP contribution in [-0.2, 0) is 0 Å². The Morgan fingerprint density at radius 1 is 1.53 bits per heavy atom. The van der Waals surface area contributed by atoms with E-state index in [2.05, 4.69) is 22.2 Å². The van der Waals surface area contributed by atoms with Crippen molar-refractivity contribution < 1.29 is 4.79 Å². The number of hydrogen-bond acceptors (Lipinski definition) is 5. The zero-order chi connectivity index (χ0) is 13.7. The lowest BCUT2D eigenvalue weighted by molar-refractivity contribution is 0.0741. The van der Waals surface area contributed by atoms with Crippen LogP contribution in [-0.4, -0.2) is 51.9 Å². The average molecular weight is 280 g/mol. The molecule has 0 bridgehead atoms. The Morgan fingerprint density at radius 3 is 2.95 bits per heavy atom. The average Bonchev–Trinajstić information content (AvgIpc) is 2.98. The summed E-state index contributed by atoms with van der Waals surface area (Å²) < 4.78 is 0. The highest BCUT2D eigenvalue weighted by Crippen LogP contribution is 2.22. The van der Waals surface area contributed by atoms with Crippen LogP contribution in [0.3, 0.4) is 0 Å². The lowest BCUT2D eigenvalue weighted by atomic mass is 10.2. The van der Waals surface area contributed by atoms with Gasteiger partial charge in [0.25, 0.3) is 5.91 Å². The van der Waals surface area contributed by atoms with Crippen LogP contribution >= 0.6 is 11.8 Å². The Bertz CT molecular complexity index is 417. The minimum Gasteiger partial charge on any atom is -0.369 e. The zero-order valence-electron chi connectivity index (χ0n) is 11.4. The van der Waals surface area contributed by atoms with E-state index < -0.39 is 0 Å². The fourth-order valence-electron chi connectivity index (χ4n) is 1.96. The number of nitrogens with one attached hydrogen (secondary N) is 1. The summed E-state index contributed by atoms with van der Waals surface area (Å²) in [6, 6.07) is 0.331. The first-order chi connectivity index (χ1) is 9.22. The molecular formula is C13H20N4OS. The summed E-state index contributed by atoms with van der Waals surface area (Å²) in [5, 5.41) is 3.14. The Morgan fingerprint density at radius 2 is 2.37 bits per heavy atom. The van der Waals surface area contributed by atoms with Crippen LogP contribution in [0, 0.1) is 0 Å². The summed E-state index contributed by atoms with van der Waals surface area (Å²) in [7, 11) is 1.85. The van der Waals surface area contributed by atoms with Crippen LogP contribution in [0.25, 0.3) is 0 Å². The monoisotopic (exact) mass is 280 g/mol. The van der Waals surface area contributed by atoms with Crippen LogP contribution in [0.2, 0.25) is 0 Å². The quantitative estimate of drug-likeness (QED) is 0.892. The molecule has 2 rings (SSSR count). The van der Waals surface area contributed by atoms with Crippen molar-refractivity contribution in [2.75, 3.05) is 30.4 Å². The van der Waals surface area contributed by atoms with Gasteiger partial charge in [0.2, 0.25) is 0 Å². The maximum atomic E-state index is 12.3. The predicted molar refractivity (Wildman–Crippen MR) is 78.6 cm³/mol. The van der Waals surface area contributed by atoms with Crippen LogP contribution in [0.15, 0.2) is 12.4 Å². The Balaban J connectivity index is 1.98. The molecule has 1 atom stereocenters. The number of rotatable bonds is 5. The molecule has 0 aliphatic carbocycles. The van der Waals surface area contributed by atoms with E-state index in [0.29, 0.717) is 11.7 Å². The van der Waals surface area contributed by atoms with Gasteiger partial charge >= 0.3 is 0 Å². The largest absolute Gasteiger partial charge is 0.369 e. The van der Waals surface area contributed by atoms with Gasteiger partial charge in [-0.25, -0.2) is 9.97 Å². The summed E-state index contributed by atoms with van der Waals surface area (Å²) in [5.74, 6) is 2.83. The van der Waals surface area contributed by atoms with Gasteiger partial charge in [-0.1, -0.05) is 6.92 Å². The van der Waals surface area contributed by atoms with E-state index in [9.17, 15) is 4.79 Å². The summed E-state index contributed by atoms with van der Waals surface area (Å²) in [6.45, 7) is 2.95. The smallest absolute Gasteiger partial charge is 0.274 e. The summed E-state index contributed by atoms with van der Waals surface area (Å²) >= 11 is 1.89. The van der Waals surface area contributed by atoms with E-state index in [1.54, 1.807) is 17.3 Å². The van der Waals surface area contributed by atoms with E-state index in [1.807, 2.05) is 18.8 Å². The number of carbonyl (C=O) groups excluding carboxylic acids is 1. The minimum atomic E-state index is -0.0398. The first-order valence-electron chi connectivity index (χ1n) is 6.63. The molecule has 1 unspecified atom stereocenters. The second kappa shape index (κ2) is 6.75. The maximum Gasteiger partial charge on any atom is 0.274 e. The standard InChI is InChI=1S/C13H20N4OS/c1-3-5-14-12-8-15-11(7-16-12)13(18)17(2)10-4-6-19-9-10/h7-8,10H,3-6,9H2,1-2H3,(H,14,16). The van der Waals surface area contributed by atoms with Crippen molar-refractivity contribution in [3.05, 3.63) is 18.1 Å².